The first-order valence-corrected chi connectivity index (χ1v) is 14.6. The van der Waals surface area contributed by atoms with E-state index < -0.39 is 10.0 Å². The van der Waals surface area contributed by atoms with E-state index in [1.165, 1.54) is 3.97 Å². The van der Waals surface area contributed by atoms with E-state index >= 15 is 0 Å². The number of fused-ring (bicyclic) bond motifs is 1. The summed E-state index contributed by atoms with van der Waals surface area (Å²) in [4.78, 5) is 13.8. The summed E-state index contributed by atoms with van der Waals surface area (Å²) in [5.74, 6) is 1.88. The van der Waals surface area contributed by atoms with Crippen LogP contribution >= 0.6 is 0 Å². The maximum Gasteiger partial charge on any atom is 0.272 e. The lowest BCUT2D eigenvalue weighted by molar-refractivity contribution is 0.416. The number of pyridine rings is 2. The number of hydrogen-bond acceptors (Lipinski definition) is 8. The maximum atomic E-state index is 13.7. The minimum atomic E-state index is -3.91. The van der Waals surface area contributed by atoms with E-state index in [1.54, 1.807) is 49.7 Å². The quantitative estimate of drug-likeness (QED) is 0.259. The summed E-state index contributed by atoms with van der Waals surface area (Å²) in [6, 6.07) is 22.4. The molecule has 5 aromatic rings. The third-order valence-corrected chi connectivity index (χ3v) is 8.93. The predicted octanol–water partition coefficient (Wildman–Crippen LogP) is 5.49. The molecule has 2 N–H and O–H groups in total. The number of rotatable bonds is 8. The molecular weight excluding hydrogens is 524 g/mol. The monoisotopic (exact) mass is 554 g/mol. The van der Waals surface area contributed by atoms with Crippen molar-refractivity contribution in [2.24, 2.45) is 0 Å². The van der Waals surface area contributed by atoms with Gasteiger partial charge in [0.05, 0.1) is 12.0 Å². The number of hydrogen-bond donors (Lipinski definition) is 2. The van der Waals surface area contributed by atoms with Crippen LogP contribution in [0.15, 0.2) is 90.1 Å². The van der Waals surface area contributed by atoms with Gasteiger partial charge >= 0.3 is 0 Å². The molecule has 2 aromatic carbocycles. The van der Waals surface area contributed by atoms with Crippen molar-refractivity contribution >= 4 is 33.0 Å². The van der Waals surface area contributed by atoms with E-state index in [0.717, 1.165) is 47.5 Å². The van der Waals surface area contributed by atoms with Crippen LogP contribution < -0.4 is 15.4 Å². The van der Waals surface area contributed by atoms with Crippen LogP contribution in [-0.2, 0) is 10.0 Å². The fraction of sp³-hybridized carbons (Fsp3) is 0.233. The highest BCUT2D eigenvalue weighted by molar-refractivity contribution is 7.90. The number of ether oxygens (including phenoxy) is 1. The highest BCUT2D eigenvalue weighted by atomic mass is 32.2. The van der Waals surface area contributed by atoms with Gasteiger partial charge in [-0.05, 0) is 68.7 Å². The van der Waals surface area contributed by atoms with Crippen molar-refractivity contribution in [1.82, 2.24) is 18.9 Å². The second kappa shape index (κ2) is 10.6. The molecule has 2 unspecified atom stereocenters. The van der Waals surface area contributed by atoms with E-state index in [2.05, 4.69) is 25.6 Å². The van der Waals surface area contributed by atoms with Crippen LogP contribution in [0.4, 0.5) is 11.8 Å². The topological polar surface area (TPSA) is 111 Å². The van der Waals surface area contributed by atoms with Gasteiger partial charge in [-0.25, -0.2) is 23.4 Å². The number of nitrogens with one attached hydrogen (secondary N) is 2. The zero-order chi connectivity index (χ0) is 27.7. The average Bonchev–Trinajstić information content (AvgIpc) is 3.57. The third-order valence-electron chi connectivity index (χ3n) is 7.24. The van der Waals surface area contributed by atoms with Gasteiger partial charge in [-0.1, -0.05) is 35.9 Å². The number of para-hydroxylation sites is 1. The van der Waals surface area contributed by atoms with Crippen molar-refractivity contribution in [2.75, 3.05) is 17.7 Å². The number of benzene rings is 2. The Morgan fingerprint density at radius 3 is 2.42 bits per heavy atom. The fourth-order valence-electron chi connectivity index (χ4n) is 5.18. The Balaban J connectivity index is 1.19. The van der Waals surface area contributed by atoms with Crippen molar-refractivity contribution < 1.29 is 13.2 Å². The van der Waals surface area contributed by atoms with Crippen molar-refractivity contribution in [3.63, 3.8) is 0 Å². The van der Waals surface area contributed by atoms with E-state index in [9.17, 15) is 8.42 Å². The molecule has 40 heavy (non-hydrogen) atoms. The normalized spacial score (nSPS) is 17.1. The Kier molecular flexibility index (Phi) is 6.85. The lowest BCUT2D eigenvalue weighted by Gasteiger charge is -2.17. The number of nitrogens with zero attached hydrogens (tertiary/aromatic N) is 4. The van der Waals surface area contributed by atoms with Gasteiger partial charge in [0.1, 0.15) is 17.1 Å². The Labute approximate surface area is 233 Å². The molecule has 1 fully saturated rings. The third kappa shape index (κ3) is 4.98. The summed E-state index contributed by atoms with van der Waals surface area (Å²) in [5, 5.41) is 6.93. The zero-order valence-electron chi connectivity index (χ0n) is 22.3. The van der Waals surface area contributed by atoms with Crippen LogP contribution in [0.3, 0.4) is 0 Å². The largest absolute Gasteiger partial charge is 0.496 e. The van der Waals surface area contributed by atoms with Crippen LogP contribution in [0.1, 0.15) is 24.8 Å². The first-order valence-electron chi connectivity index (χ1n) is 13.2. The summed E-state index contributed by atoms with van der Waals surface area (Å²) >= 11 is 0. The van der Waals surface area contributed by atoms with Crippen molar-refractivity contribution in [3.05, 3.63) is 90.8 Å². The SMILES string of the molecule is COc1ccccc1-c1ccc(NC2CCC(Nc3nc4cccnc4n3S(=O)(=O)c3ccc(C)cc3)C2)nc1. The summed E-state index contributed by atoms with van der Waals surface area (Å²) < 4.78 is 34.1. The smallest absolute Gasteiger partial charge is 0.272 e. The molecule has 0 bridgehead atoms. The van der Waals surface area contributed by atoms with Gasteiger partial charge in [0, 0.05) is 35.6 Å². The standard InChI is InChI=1S/C30H30N6O3S/c1-20-9-14-24(15-10-20)40(37,38)36-29-26(7-5-17-31-29)35-30(36)34-23-13-12-22(18-23)33-28-16-11-21(19-32-28)25-6-3-4-8-27(25)39-2/h3-11,14-17,19,22-23H,12-13,18H2,1-2H3,(H,32,33)(H,34,35). The van der Waals surface area contributed by atoms with E-state index in [1.807, 2.05) is 49.5 Å². The molecule has 3 heterocycles. The minimum absolute atomic E-state index is 0.0362. The molecule has 0 aliphatic heterocycles. The van der Waals surface area contributed by atoms with Crippen LogP contribution in [0.5, 0.6) is 5.75 Å². The van der Waals surface area contributed by atoms with Crippen LogP contribution in [0.2, 0.25) is 0 Å². The number of anilines is 2. The highest BCUT2D eigenvalue weighted by Crippen LogP contribution is 2.31. The average molecular weight is 555 g/mol. The molecule has 204 valence electrons. The number of aryl methyl sites for hydroxylation is 1. The number of aromatic nitrogens is 4. The predicted molar refractivity (Wildman–Crippen MR) is 156 cm³/mol. The van der Waals surface area contributed by atoms with Crippen molar-refractivity contribution in [1.29, 1.82) is 0 Å². The van der Waals surface area contributed by atoms with Crippen molar-refractivity contribution in [2.45, 2.75) is 43.2 Å². The van der Waals surface area contributed by atoms with E-state index in [-0.39, 0.29) is 22.9 Å². The summed E-state index contributed by atoms with van der Waals surface area (Å²) in [6.07, 6.45) is 5.99. The molecule has 0 amide bonds. The second-order valence-electron chi connectivity index (χ2n) is 9.99. The van der Waals surface area contributed by atoms with Gasteiger partial charge in [-0.3, -0.25) is 0 Å². The molecular formula is C30H30N6O3S. The number of methoxy groups -OCH3 is 1. The van der Waals surface area contributed by atoms with Gasteiger partial charge in [0.15, 0.2) is 5.65 Å². The molecule has 0 spiro atoms. The molecule has 0 radical (unpaired) electrons. The van der Waals surface area contributed by atoms with Crippen LogP contribution in [0.25, 0.3) is 22.3 Å². The molecule has 9 nitrogen and oxygen atoms in total. The van der Waals surface area contributed by atoms with Gasteiger partial charge in [0.25, 0.3) is 10.0 Å². The van der Waals surface area contributed by atoms with E-state index in [0.29, 0.717) is 11.2 Å². The second-order valence-corrected chi connectivity index (χ2v) is 11.8. The Hall–Kier alpha value is -4.44. The summed E-state index contributed by atoms with van der Waals surface area (Å²) in [6.45, 7) is 1.92. The van der Waals surface area contributed by atoms with Gasteiger partial charge < -0.3 is 15.4 Å². The van der Waals surface area contributed by atoms with Gasteiger partial charge in [-0.15, -0.1) is 0 Å². The Bertz CT molecular complexity index is 1750. The van der Waals surface area contributed by atoms with Crippen molar-refractivity contribution in [3.8, 4) is 16.9 Å². The first-order chi connectivity index (χ1) is 19.4. The van der Waals surface area contributed by atoms with Crippen LogP contribution in [0, 0.1) is 6.92 Å². The summed E-state index contributed by atoms with van der Waals surface area (Å²) in [7, 11) is -2.25. The fourth-order valence-corrected chi connectivity index (χ4v) is 6.56. The molecule has 0 saturated heterocycles. The maximum absolute atomic E-state index is 13.7. The molecule has 1 saturated carbocycles. The van der Waals surface area contributed by atoms with E-state index in [4.69, 9.17) is 4.74 Å². The Morgan fingerprint density at radius 1 is 0.900 bits per heavy atom. The molecule has 2 atom stereocenters. The molecule has 10 heteroatoms. The Morgan fingerprint density at radius 2 is 1.68 bits per heavy atom. The lowest BCUT2D eigenvalue weighted by atomic mass is 10.1. The van der Waals surface area contributed by atoms with Gasteiger partial charge in [-0.2, -0.15) is 3.97 Å². The molecule has 6 rings (SSSR count). The first kappa shape index (κ1) is 25.8. The minimum Gasteiger partial charge on any atom is -0.496 e. The van der Waals surface area contributed by atoms with Crippen LogP contribution in [-0.4, -0.2) is 46.5 Å². The number of imidazole rings is 1. The summed E-state index contributed by atoms with van der Waals surface area (Å²) in [5.41, 5.74) is 3.79. The molecule has 3 aromatic heterocycles. The highest BCUT2D eigenvalue weighted by Gasteiger charge is 2.30. The lowest BCUT2D eigenvalue weighted by Crippen LogP contribution is -2.24. The zero-order valence-corrected chi connectivity index (χ0v) is 23.1. The van der Waals surface area contributed by atoms with Gasteiger partial charge in [0.2, 0.25) is 5.95 Å². The molecule has 1 aliphatic carbocycles. The molecule has 1 aliphatic rings.